The molecular weight excluding hydrogens is 447 g/mol. The maximum atomic E-state index is 15.8. The molecule has 1 unspecified atom stereocenters. The number of carbonyl (C=O) groups is 1. The van der Waals surface area contributed by atoms with E-state index in [9.17, 15) is 4.79 Å². The number of hydrogen-bond donors (Lipinski definition) is 1. The number of benzene rings is 1. The SMILES string of the molecule is COc1cc(C(=O)N2CCCC([NH3+])C2)cc2nc(-c3c(F)c4cccnc4n3CC3CC3)n(C)c12. The van der Waals surface area contributed by atoms with Gasteiger partial charge >= 0.3 is 0 Å². The summed E-state index contributed by atoms with van der Waals surface area (Å²) < 4.78 is 25.3. The van der Waals surface area contributed by atoms with E-state index in [0.717, 1.165) is 37.7 Å². The van der Waals surface area contributed by atoms with E-state index >= 15 is 4.39 Å². The molecule has 1 aliphatic heterocycles. The summed E-state index contributed by atoms with van der Waals surface area (Å²) in [6, 6.07) is 7.31. The summed E-state index contributed by atoms with van der Waals surface area (Å²) in [6.45, 7) is 2.07. The summed E-state index contributed by atoms with van der Waals surface area (Å²) in [6.07, 6.45) is 5.96. The summed E-state index contributed by atoms with van der Waals surface area (Å²) in [5.41, 5.74) is 7.05. The second-order valence-corrected chi connectivity index (χ2v) is 9.89. The van der Waals surface area contributed by atoms with Crippen molar-refractivity contribution in [2.24, 2.45) is 13.0 Å². The molecule has 0 radical (unpaired) electrons. The standard InChI is InChI=1S/C26H29FN6O2/c1-31-22-19(11-16(12-20(22)35-2)26(34)32-10-4-5-17(28)14-32)30-25(31)23-21(27)18-6-3-9-29-24(18)33(23)13-15-7-8-15/h3,6,9,11-12,15,17H,4-5,7-8,10,13-14,28H2,1-2H3/p+1. The molecule has 1 saturated heterocycles. The van der Waals surface area contributed by atoms with Crippen molar-refractivity contribution < 1.29 is 19.7 Å². The summed E-state index contributed by atoms with van der Waals surface area (Å²) >= 11 is 0. The predicted octanol–water partition coefficient (Wildman–Crippen LogP) is 2.99. The Hall–Kier alpha value is -3.46. The maximum absolute atomic E-state index is 15.8. The first kappa shape index (κ1) is 22.0. The number of imidazole rings is 1. The molecular formula is C26H30FN6O2+. The molecule has 1 aliphatic carbocycles. The molecule has 4 aromatic rings. The molecule has 3 N–H and O–H groups in total. The number of aryl methyl sites for hydroxylation is 1. The highest BCUT2D eigenvalue weighted by molar-refractivity contribution is 6.00. The number of likely N-dealkylation sites (tertiary alicyclic amines) is 1. The lowest BCUT2D eigenvalue weighted by Crippen LogP contribution is -2.67. The largest absolute Gasteiger partial charge is 0.494 e. The molecule has 0 bridgehead atoms. The molecule has 182 valence electrons. The number of nitrogens with zero attached hydrogens (tertiary/aromatic N) is 5. The van der Waals surface area contributed by atoms with Crippen molar-refractivity contribution in [3.63, 3.8) is 0 Å². The number of methoxy groups -OCH3 is 1. The van der Waals surface area contributed by atoms with E-state index in [4.69, 9.17) is 9.72 Å². The Bertz CT molecular complexity index is 1450. The van der Waals surface area contributed by atoms with E-state index in [-0.39, 0.29) is 17.8 Å². The zero-order valence-electron chi connectivity index (χ0n) is 20.1. The number of ether oxygens (including phenoxy) is 1. The van der Waals surface area contributed by atoms with Crippen molar-refractivity contribution in [1.29, 1.82) is 0 Å². The predicted molar refractivity (Wildman–Crippen MR) is 130 cm³/mol. The van der Waals surface area contributed by atoms with Gasteiger partial charge in [-0.1, -0.05) is 0 Å². The molecule has 1 saturated carbocycles. The molecule has 1 aromatic carbocycles. The number of aromatic nitrogens is 4. The van der Waals surface area contributed by atoms with Gasteiger partial charge in [0.15, 0.2) is 11.6 Å². The molecule has 2 fully saturated rings. The number of hydrogen-bond acceptors (Lipinski definition) is 4. The highest BCUT2D eigenvalue weighted by Gasteiger charge is 2.30. The van der Waals surface area contributed by atoms with Crippen LogP contribution in [0.2, 0.25) is 0 Å². The van der Waals surface area contributed by atoms with Gasteiger partial charge < -0.3 is 24.5 Å². The molecule has 0 spiro atoms. The minimum absolute atomic E-state index is 0.0519. The molecule has 4 heterocycles. The van der Waals surface area contributed by atoms with Crippen molar-refractivity contribution >= 4 is 28.0 Å². The van der Waals surface area contributed by atoms with Crippen LogP contribution in [-0.2, 0) is 13.6 Å². The van der Waals surface area contributed by atoms with Crippen LogP contribution in [0.4, 0.5) is 4.39 Å². The Morgan fingerprint density at radius 1 is 1.29 bits per heavy atom. The van der Waals surface area contributed by atoms with Crippen LogP contribution < -0.4 is 10.5 Å². The van der Waals surface area contributed by atoms with Gasteiger partial charge in [-0.15, -0.1) is 0 Å². The number of halogens is 1. The molecule has 3 aromatic heterocycles. The Morgan fingerprint density at radius 3 is 2.86 bits per heavy atom. The lowest BCUT2D eigenvalue weighted by Gasteiger charge is -2.29. The molecule has 1 amide bonds. The van der Waals surface area contributed by atoms with Gasteiger partial charge in [0, 0.05) is 38.3 Å². The number of pyridine rings is 1. The summed E-state index contributed by atoms with van der Waals surface area (Å²) in [7, 11) is 3.44. The van der Waals surface area contributed by atoms with Gasteiger partial charge in [0.1, 0.15) is 28.6 Å². The van der Waals surface area contributed by atoms with Crippen molar-refractivity contribution in [3.05, 3.63) is 41.8 Å². The minimum Gasteiger partial charge on any atom is -0.494 e. The fraction of sp³-hybridized carbons (Fsp3) is 0.423. The van der Waals surface area contributed by atoms with Crippen LogP contribution in [0.5, 0.6) is 5.75 Å². The number of carbonyl (C=O) groups excluding carboxylic acids is 1. The maximum Gasteiger partial charge on any atom is 0.254 e. The van der Waals surface area contributed by atoms with E-state index in [1.807, 2.05) is 21.1 Å². The third-order valence-corrected chi connectivity index (χ3v) is 7.31. The van der Waals surface area contributed by atoms with Gasteiger partial charge in [0.05, 0.1) is 24.6 Å². The molecule has 6 rings (SSSR count). The normalized spacial score (nSPS) is 18.5. The van der Waals surface area contributed by atoms with Gasteiger partial charge in [0.25, 0.3) is 5.91 Å². The zero-order valence-corrected chi connectivity index (χ0v) is 20.1. The van der Waals surface area contributed by atoms with Gasteiger partial charge in [-0.05, 0) is 49.4 Å². The van der Waals surface area contributed by atoms with Crippen molar-refractivity contribution in [1.82, 2.24) is 24.0 Å². The molecule has 35 heavy (non-hydrogen) atoms. The molecule has 8 nitrogen and oxygen atoms in total. The smallest absolute Gasteiger partial charge is 0.254 e. The fourth-order valence-electron chi connectivity index (χ4n) is 5.32. The second kappa shape index (κ2) is 8.34. The van der Waals surface area contributed by atoms with Crippen LogP contribution in [0.3, 0.4) is 0 Å². The van der Waals surface area contributed by atoms with E-state index in [0.29, 0.717) is 58.4 Å². The Morgan fingerprint density at radius 2 is 2.11 bits per heavy atom. The summed E-state index contributed by atoms with van der Waals surface area (Å²) in [5.74, 6) is 1.19. The summed E-state index contributed by atoms with van der Waals surface area (Å²) in [5, 5.41) is 0.492. The quantitative estimate of drug-likeness (QED) is 0.478. The van der Waals surface area contributed by atoms with Crippen LogP contribution in [0.1, 0.15) is 36.0 Å². The monoisotopic (exact) mass is 477 g/mol. The lowest BCUT2D eigenvalue weighted by atomic mass is 10.0. The van der Waals surface area contributed by atoms with Crippen LogP contribution in [0.25, 0.3) is 33.6 Å². The highest BCUT2D eigenvalue weighted by Crippen LogP contribution is 2.39. The Balaban J connectivity index is 1.51. The van der Waals surface area contributed by atoms with Crippen LogP contribution in [-0.4, -0.2) is 56.2 Å². The van der Waals surface area contributed by atoms with Crippen LogP contribution in [0.15, 0.2) is 30.5 Å². The first-order valence-electron chi connectivity index (χ1n) is 12.3. The Labute approximate surface area is 202 Å². The third-order valence-electron chi connectivity index (χ3n) is 7.31. The second-order valence-electron chi connectivity index (χ2n) is 9.89. The highest BCUT2D eigenvalue weighted by atomic mass is 19.1. The van der Waals surface area contributed by atoms with Crippen molar-refractivity contribution in [2.75, 3.05) is 20.2 Å². The van der Waals surface area contributed by atoms with Crippen LogP contribution >= 0.6 is 0 Å². The minimum atomic E-state index is -0.322. The van der Waals surface area contributed by atoms with Gasteiger partial charge in [0.2, 0.25) is 0 Å². The zero-order chi connectivity index (χ0) is 24.3. The Kier molecular flexibility index (Phi) is 5.25. The van der Waals surface area contributed by atoms with Gasteiger partial charge in [-0.3, -0.25) is 4.79 Å². The molecule has 2 aliphatic rings. The van der Waals surface area contributed by atoms with E-state index < -0.39 is 0 Å². The lowest BCUT2D eigenvalue weighted by molar-refractivity contribution is -0.425. The van der Waals surface area contributed by atoms with Gasteiger partial charge in [-0.2, -0.15) is 0 Å². The third kappa shape index (κ3) is 3.65. The number of quaternary nitrogens is 1. The average molecular weight is 478 g/mol. The van der Waals surface area contributed by atoms with Crippen molar-refractivity contribution in [2.45, 2.75) is 38.3 Å². The fourth-order valence-corrected chi connectivity index (χ4v) is 5.32. The van der Waals surface area contributed by atoms with E-state index in [1.54, 1.807) is 37.6 Å². The first-order chi connectivity index (χ1) is 17.0. The van der Waals surface area contributed by atoms with E-state index in [1.165, 1.54) is 0 Å². The first-order valence-corrected chi connectivity index (χ1v) is 12.3. The number of piperidine rings is 1. The van der Waals surface area contributed by atoms with E-state index in [2.05, 4.69) is 10.7 Å². The average Bonchev–Trinajstić information content (AvgIpc) is 3.58. The summed E-state index contributed by atoms with van der Waals surface area (Å²) in [4.78, 5) is 24.5. The van der Waals surface area contributed by atoms with Gasteiger partial charge in [-0.25, -0.2) is 14.4 Å². The number of amides is 1. The molecule has 1 atom stereocenters. The number of fused-ring (bicyclic) bond motifs is 2. The number of rotatable bonds is 5. The molecule has 9 heteroatoms. The van der Waals surface area contributed by atoms with Crippen molar-refractivity contribution in [3.8, 4) is 17.3 Å². The van der Waals surface area contributed by atoms with Crippen LogP contribution in [0, 0.1) is 11.7 Å². The topological polar surface area (TPSA) is 92.8 Å².